The van der Waals surface area contributed by atoms with Gasteiger partial charge in [-0.1, -0.05) is 51.9 Å². The van der Waals surface area contributed by atoms with Crippen LogP contribution in [0.1, 0.15) is 77.6 Å². The second-order valence-corrected chi connectivity index (χ2v) is 11.2. The zero-order valence-corrected chi connectivity index (χ0v) is 20.9. The number of carbonyl (C=O) groups excluding carboxylic acids is 1. The molecule has 2 saturated carbocycles. The van der Waals surface area contributed by atoms with Crippen molar-refractivity contribution >= 4 is 11.4 Å². The Labute approximate surface area is 202 Å². The van der Waals surface area contributed by atoms with E-state index in [2.05, 4.69) is 16.9 Å². The molecule has 2 aromatic heterocycles. The number of amides is 1. The van der Waals surface area contributed by atoms with Crippen LogP contribution in [-0.2, 0) is 16.1 Å². The van der Waals surface area contributed by atoms with Gasteiger partial charge >= 0.3 is 0 Å². The summed E-state index contributed by atoms with van der Waals surface area (Å²) >= 11 is 0. The highest BCUT2D eigenvalue weighted by Crippen LogP contribution is 2.53. The Morgan fingerprint density at radius 2 is 1.94 bits per heavy atom. The molecule has 0 N–H and O–H groups in total. The van der Waals surface area contributed by atoms with E-state index in [0.29, 0.717) is 30.4 Å². The van der Waals surface area contributed by atoms with Crippen molar-refractivity contribution in [2.45, 2.75) is 89.7 Å². The molecule has 34 heavy (non-hydrogen) atoms. The normalized spacial score (nSPS) is 26.4. The monoisotopic (exact) mass is 468 g/mol. The summed E-state index contributed by atoms with van der Waals surface area (Å²) in [5, 5.41) is 4.43. The van der Waals surface area contributed by atoms with E-state index in [9.17, 15) is 9.59 Å². The fraction of sp³-hybridized carbons (Fsp3) is 0.741. The average molecular weight is 469 g/mol. The van der Waals surface area contributed by atoms with Crippen molar-refractivity contribution in [1.82, 2.24) is 19.1 Å². The molecule has 7 heteroatoms. The lowest BCUT2D eigenvalue weighted by molar-refractivity contribution is -0.175. The van der Waals surface area contributed by atoms with Crippen LogP contribution < -0.4 is 5.56 Å². The second-order valence-electron chi connectivity index (χ2n) is 11.2. The topological polar surface area (TPSA) is 68.8 Å². The number of rotatable bonds is 6. The van der Waals surface area contributed by atoms with Gasteiger partial charge in [-0.3, -0.25) is 14.2 Å². The summed E-state index contributed by atoms with van der Waals surface area (Å²) in [7, 11) is 1.79. The van der Waals surface area contributed by atoms with E-state index in [0.717, 1.165) is 45.1 Å². The predicted octanol–water partition coefficient (Wildman–Crippen LogP) is 4.28. The van der Waals surface area contributed by atoms with Crippen LogP contribution in [0.25, 0.3) is 5.52 Å². The van der Waals surface area contributed by atoms with E-state index in [-0.39, 0.29) is 16.9 Å². The molecule has 1 amide bonds. The number of carbonyl (C=O) groups is 1. The number of hydrogen-bond acceptors (Lipinski definition) is 4. The van der Waals surface area contributed by atoms with Gasteiger partial charge in [0.1, 0.15) is 11.8 Å². The number of hydrogen-bond donors (Lipinski definition) is 0. The number of fused-ring (bicyclic) bond motifs is 1. The molecule has 0 radical (unpaired) electrons. The molecule has 1 saturated heterocycles. The van der Waals surface area contributed by atoms with Crippen LogP contribution in [0.4, 0.5) is 0 Å². The third-order valence-corrected chi connectivity index (χ3v) is 9.29. The number of likely N-dealkylation sites (tertiary alicyclic amines) is 1. The Kier molecular flexibility index (Phi) is 6.58. The summed E-state index contributed by atoms with van der Waals surface area (Å²) in [6.07, 6.45) is 16.1. The molecule has 0 bridgehead atoms. The van der Waals surface area contributed by atoms with Gasteiger partial charge in [-0.05, 0) is 43.7 Å². The molecule has 2 aromatic rings. The van der Waals surface area contributed by atoms with Gasteiger partial charge in [-0.25, -0.2) is 4.52 Å². The van der Waals surface area contributed by atoms with E-state index < -0.39 is 5.60 Å². The highest BCUT2D eigenvalue weighted by atomic mass is 16.5. The number of nitrogens with zero attached hydrogens (tertiary/aromatic N) is 4. The van der Waals surface area contributed by atoms with Gasteiger partial charge < -0.3 is 9.64 Å². The maximum atomic E-state index is 13.6. The van der Waals surface area contributed by atoms with Crippen LogP contribution in [0.3, 0.4) is 0 Å². The Bertz CT molecular complexity index is 1060. The first-order valence-electron chi connectivity index (χ1n) is 13.3. The largest absolute Gasteiger partial charge is 0.376 e. The fourth-order valence-corrected chi connectivity index (χ4v) is 7.34. The van der Waals surface area contributed by atoms with Crippen molar-refractivity contribution in [3.05, 3.63) is 35.0 Å². The van der Waals surface area contributed by atoms with E-state index in [1.807, 2.05) is 12.1 Å². The molecule has 2 atom stereocenters. The van der Waals surface area contributed by atoms with Gasteiger partial charge in [-0.2, -0.15) is 5.10 Å². The average Bonchev–Trinajstić information content (AvgIpc) is 3.53. The van der Waals surface area contributed by atoms with Gasteiger partial charge in [-0.15, -0.1) is 0 Å². The summed E-state index contributed by atoms with van der Waals surface area (Å²) < 4.78 is 9.69. The molecule has 3 heterocycles. The lowest BCUT2D eigenvalue weighted by atomic mass is 9.65. The van der Waals surface area contributed by atoms with E-state index in [1.54, 1.807) is 28.7 Å². The van der Waals surface area contributed by atoms with Crippen molar-refractivity contribution in [3.8, 4) is 0 Å². The summed E-state index contributed by atoms with van der Waals surface area (Å²) in [6, 6.07) is 3.66. The highest BCUT2D eigenvalue weighted by Gasteiger charge is 2.57. The minimum Gasteiger partial charge on any atom is -0.376 e. The van der Waals surface area contributed by atoms with Crippen LogP contribution in [0.2, 0.25) is 0 Å². The lowest BCUT2D eigenvalue weighted by Gasteiger charge is -2.54. The first-order chi connectivity index (χ1) is 16.5. The van der Waals surface area contributed by atoms with Crippen molar-refractivity contribution in [2.24, 2.45) is 17.3 Å². The second kappa shape index (κ2) is 9.48. The zero-order valence-electron chi connectivity index (χ0n) is 20.9. The Morgan fingerprint density at radius 1 is 1.18 bits per heavy atom. The number of ether oxygens (including phenoxy) is 1. The SMILES string of the molecule is CO[C@@]1(Cn2cnn3cccc3c2=O)CCN(C(=O)[C@H](C)CC2CCCCC2)CC12CCCC2. The lowest BCUT2D eigenvalue weighted by Crippen LogP contribution is -2.63. The van der Waals surface area contributed by atoms with Crippen LogP contribution in [-0.4, -0.2) is 50.8 Å². The highest BCUT2D eigenvalue weighted by molar-refractivity contribution is 5.78. The molecule has 3 fully saturated rings. The van der Waals surface area contributed by atoms with Crippen molar-refractivity contribution in [3.63, 3.8) is 0 Å². The zero-order chi connectivity index (χ0) is 23.8. The van der Waals surface area contributed by atoms with Crippen LogP contribution >= 0.6 is 0 Å². The molecule has 186 valence electrons. The van der Waals surface area contributed by atoms with Gasteiger partial charge in [0.15, 0.2) is 0 Å². The molecule has 3 aliphatic rings. The van der Waals surface area contributed by atoms with E-state index in [1.165, 1.54) is 32.1 Å². The number of aromatic nitrogens is 3. The fourth-order valence-electron chi connectivity index (χ4n) is 7.34. The Morgan fingerprint density at radius 3 is 2.68 bits per heavy atom. The molecule has 1 spiro atoms. The van der Waals surface area contributed by atoms with Crippen molar-refractivity contribution in [1.29, 1.82) is 0 Å². The maximum absolute atomic E-state index is 13.6. The molecular weight excluding hydrogens is 428 g/mol. The van der Waals surface area contributed by atoms with Crippen LogP contribution in [0, 0.1) is 17.3 Å². The van der Waals surface area contributed by atoms with Gasteiger partial charge in [0.2, 0.25) is 5.91 Å². The molecule has 1 aliphatic heterocycles. The standard InChI is InChI=1S/C27H40N4O3/c1-21(17-22-9-4-3-5-10-22)24(32)29-16-14-27(34-2,26(18-29)12-6-7-13-26)19-30-20-28-31-15-8-11-23(31)25(30)33/h8,11,15,20-22H,3-7,9-10,12-14,16-19H2,1-2H3/t21-,27-/m1/s1. The number of methoxy groups -OCH3 is 1. The Balaban J connectivity index is 1.36. The van der Waals surface area contributed by atoms with Gasteiger partial charge in [0, 0.05) is 37.7 Å². The minimum atomic E-state index is -0.469. The van der Waals surface area contributed by atoms with E-state index in [4.69, 9.17) is 4.74 Å². The molecule has 2 aliphatic carbocycles. The van der Waals surface area contributed by atoms with Gasteiger partial charge in [0.05, 0.1) is 12.1 Å². The molecule has 7 nitrogen and oxygen atoms in total. The minimum absolute atomic E-state index is 0.0378. The molecule has 0 unspecified atom stereocenters. The Hall–Kier alpha value is -2.15. The summed E-state index contributed by atoms with van der Waals surface area (Å²) in [4.78, 5) is 28.8. The predicted molar refractivity (Wildman–Crippen MR) is 132 cm³/mol. The smallest absolute Gasteiger partial charge is 0.277 e. The van der Waals surface area contributed by atoms with Crippen LogP contribution in [0.15, 0.2) is 29.5 Å². The first-order valence-corrected chi connectivity index (χ1v) is 13.3. The van der Waals surface area contributed by atoms with Crippen LogP contribution in [0.5, 0.6) is 0 Å². The maximum Gasteiger partial charge on any atom is 0.277 e. The number of piperidine rings is 1. The van der Waals surface area contributed by atoms with Gasteiger partial charge in [0.25, 0.3) is 5.56 Å². The first kappa shape index (κ1) is 23.6. The quantitative estimate of drug-likeness (QED) is 0.635. The summed E-state index contributed by atoms with van der Waals surface area (Å²) in [6.45, 7) is 4.05. The third-order valence-electron chi connectivity index (χ3n) is 9.29. The van der Waals surface area contributed by atoms with Crippen molar-refractivity contribution < 1.29 is 9.53 Å². The summed E-state index contributed by atoms with van der Waals surface area (Å²) in [5.74, 6) is 1.11. The van der Waals surface area contributed by atoms with E-state index >= 15 is 0 Å². The molecule has 0 aromatic carbocycles. The third kappa shape index (κ3) is 4.10. The molecular formula is C27H40N4O3. The summed E-state index contributed by atoms with van der Waals surface area (Å²) in [5.41, 5.74) is -0.0422. The molecule has 5 rings (SSSR count). The van der Waals surface area contributed by atoms with Crippen molar-refractivity contribution in [2.75, 3.05) is 20.2 Å².